The topological polar surface area (TPSA) is 67.9 Å². The number of carbonyl (C=O) groups excluding carboxylic acids is 1. The van der Waals surface area contributed by atoms with E-state index in [1.807, 2.05) is 31.2 Å². The number of nitrogens with zero attached hydrogens (tertiary/aromatic N) is 2. The Morgan fingerprint density at radius 1 is 1.28 bits per heavy atom. The van der Waals surface area contributed by atoms with Crippen molar-refractivity contribution in [3.63, 3.8) is 0 Å². The fourth-order valence-electron chi connectivity index (χ4n) is 3.23. The molecule has 0 amide bonds. The molecule has 2 aliphatic heterocycles. The molecule has 0 bridgehead atoms. The van der Waals surface area contributed by atoms with Gasteiger partial charge in [-0.25, -0.2) is 4.39 Å². The first-order chi connectivity index (χ1) is 15.1. The van der Waals surface area contributed by atoms with Crippen LogP contribution in [0.3, 0.4) is 0 Å². The number of fused-ring (bicyclic) bond motifs is 2. The number of halogens is 4. The number of carbonyl (C=O) groups is 1. The SMILES string of the molecule is CC=O.CCN.CN1N=C(c2cc(C(F)(F)F)ccc2F)SC12CCOc1ccccc12. The Morgan fingerprint density at radius 3 is 2.53 bits per heavy atom. The Bertz CT molecular complexity index is 968. The molecule has 0 aromatic heterocycles. The van der Waals surface area contributed by atoms with E-state index in [0.717, 1.165) is 36.6 Å². The largest absolute Gasteiger partial charge is 0.493 e. The highest BCUT2D eigenvalue weighted by Gasteiger charge is 2.48. The van der Waals surface area contributed by atoms with Crippen molar-refractivity contribution in [2.45, 2.75) is 31.3 Å². The van der Waals surface area contributed by atoms with Gasteiger partial charge in [-0.3, -0.25) is 5.01 Å². The maximum atomic E-state index is 14.3. The van der Waals surface area contributed by atoms with E-state index in [1.165, 1.54) is 18.7 Å². The van der Waals surface area contributed by atoms with Gasteiger partial charge < -0.3 is 15.3 Å². The summed E-state index contributed by atoms with van der Waals surface area (Å²) in [7, 11) is 1.74. The van der Waals surface area contributed by atoms with Crippen LogP contribution in [0, 0.1) is 5.82 Å². The molecule has 32 heavy (non-hydrogen) atoms. The average molecular weight is 472 g/mol. The third-order valence-corrected chi connectivity index (χ3v) is 6.08. The fourth-order valence-corrected chi connectivity index (χ4v) is 4.62. The monoisotopic (exact) mass is 471 g/mol. The highest BCUT2D eigenvalue weighted by atomic mass is 32.2. The van der Waals surface area contributed by atoms with E-state index in [-0.39, 0.29) is 10.6 Å². The molecule has 4 rings (SSSR count). The van der Waals surface area contributed by atoms with Gasteiger partial charge >= 0.3 is 6.18 Å². The number of hydrazone groups is 1. The van der Waals surface area contributed by atoms with Gasteiger partial charge in [-0.2, -0.15) is 18.3 Å². The molecule has 0 saturated carbocycles. The molecule has 1 atom stereocenters. The van der Waals surface area contributed by atoms with Crippen LogP contribution in [0.5, 0.6) is 5.75 Å². The van der Waals surface area contributed by atoms with Gasteiger partial charge in [-0.15, -0.1) is 0 Å². The minimum absolute atomic E-state index is 0.141. The second-order valence-corrected chi connectivity index (χ2v) is 8.01. The molecule has 1 spiro atoms. The Kier molecular flexibility index (Phi) is 8.68. The standard InChI is InChI=1S/C18H14F4N2OS.C2H7N.C2H4O/c1-24-17(8-9-25-15-5-3-2-4-13(15)17)26-16(23-24)12-10-11(18(20,21)22)6-7-14(12)19;2*1-2-3/h2-7,10H,8-9H2,1H3;2-3H2,1H3;2H,1H3. The molecule has 0 fully saturated rings. The molecule has 2 aliphatic rings. The number of aldehydes is 1. The van der Waals surface area contributed by atoms with E-state index in [4.69, 9.17) is 15.3 Å². The third kappa shape index (κ3) is 5.42. The lowest BCUT2D eigenvalue weighted by Gasteiger charge is -2.39. The second kappa shape index (κ2) is 10.8. The van der Waals surface area contributed by atoms with Crippen molar-refractivity contribution in [2.75, 3.05) is 20.2 Å². The van der Waals surface area contributed by atoms with Crippen molar-refractivity contribution in [1.82, 2.24) is 5.01 Å². The maximum absolute atomic E-state index is 14.3. The number of nitrogens with two attached hydrogens (primary N) is 1. The molecule has 0 saturated heterocycles. The van der Waals surface area contributed by atoms with Gasteiger partial charge in [0.1, 0.15) is 27.8 Å². The molecular formula is C22H25F4N3O2S. The van der Waals surface area contributed by atoms with E-state index < -0.39 is 22.4 Å². The first-order valence-electron chi connectivity index (χ1n) is 9.85. The van der Waals surface area contributed by atoms with Crippen LogP contribution in [-0.4, -0.2) is 36.5 Å². The lowest BCUT2D eigenvalue weighted by Crippen LogP contribution is -2.39. The Balaban J connectivity index is 0.000000547. The van der Waals surface area contributed by atoms with Crippen molar-refractivity contribution < 1.29 is 27.1 Å². The predicted octanol–water partition coefficient (Wildman–Crippen LogP) is 4.99. The lowest BCUT2D eigenvalue weighted by atomic mass is 9.99. The first-order valence-corrected chi connectivity index (χ1v) is 10.7. The van der Waals surface area contributed by atoms with Crippen LogP contribution in [0.15, 0.2) is 47.6 Å². The minimum atomic E-state index is -4.54. The number of hydrogen-bond acceptors (Lipinski definition) is 6. The summed E-state index contributed by atoms with van der Waals surface area (Å²) in [6, 6.07) is 9.86. The summed E-state index contributed by atoms with van der Waals surface area (Å²) in [4.78, 5) is 8.19. The zero-order chi connectivity index (χ0) is 23.9. The highest BCUT2D eigenvalue weighted by Crippen LogP contribution is 2.53. The molecule has 0 radical (unpaired) electrons. The van der Waals surface area contributed by atoms with E-state index in [0.29, 0.717) is 18.8 Å². The van der Waals surface area contributed by atoms with E-state index in [1.54, 1.807) is 12.1 Å². The zero-order valence-electron chi connectivity index (χ0n) is 17.9. The van der Waals surface area contributed by atoms with Gasteiger partial charge in [0.15, 0.2) is 0 Å². The molecule has 1 unspecified atom stereocenters. The molecule has 2 aromatic carbocycles. The maximum Gasteiger partial charge on any atom is 0.416 e. The van der Waals surface area contributed by atoms with Crippen molar-refractivity contribution in [3.05, 3.63) is 65.0 Å². The van der Waals surface area contributed by atoms with E-state index in [2.05, 4.69) is 5.10 Å². The van der Waals surface area contributed by atoms with Gasteiger partial charge in [-0.1, -0.05) is 36.9 Å². The summed E-state index contributed by atoms with van der Waals surface area (Å²) in [5.41, 5.74) is 4.69. The summed E-state index contributed by atoms with van der Waals surface area (Å²) in [5, 5.41) is 6.29. The average Bonchev–Trinajstić information content (AvgIpc) is 3.05. The number of thioether (sulfide) groups is 1. The van der Waals surface area contributed by atoms with Gasteiger partial charge in [0.05, 0.1) is 12.2 Å². The minimum Gasteiger partial charge on any atom is -0.493 e. The number of rotatable bonds is 1. The highest BCUT2D eigenvalue weighted by molar-refractivity contribution is 8.15. The molecule has 5 nitrogen and oxygen atoms in total. The molecule has 174 valence electrons. The Labute approximate surface area is 188 Å². The Morgan fingerprint density at radius 2 is 1.91 bits per heavy atom. The summed E-state index contributed by atoms with van der Waals surface area (Å²) in [5.74, 6) is -0.0193. The van der Waals surface area contributed by atoms with Crippen LogP contribution in [0.1, 0.15) is 37.0 Å². The van der Waals surface area contributed by atoms with Gasteiger partial charge in [0.2, 0.25) is 0 Å². The molecule has 0 aliphatic carbocycles. The summed E-state index contributed by atoms with van der Waals surface area (Å²) in [6.07, 6.45) is -3.21. The number of alkyl halides is 3. The van der Waals surface area contributed by atoms with Crippen LogP contribution in [0.25, 0.3) is 0 Å². The zero-order valence-corrected chi connectivity index (χ0v) is 18.8. The van der Waals surface area contributed by atoms with Crippen LogP contribution >= 0.6 is 11.8 Å². The number of benzene rings is 2. The summed E-state index contributed by atoms with van der Waals surface area (Å²) >= 11 is 1.26. The molecular weight excluding hydrogens is 446 g/mol. The fraction of sp³-hybridized carbons (Fsp3) is 0.364. The lowest BCUT2D eigenvalue weighted by molar-refractivity contribution is -0.137. The van der Waals surface area contributed by atoms with E-state index >= 15 is 0 Å². The van der Waals surface area contributed by atoms with Crippen molar-refractivity contribution in [1.29, 1.82) is 0 Å². The smallest absolute Gasteiger partial charge is 0.416 e. The summed E-state index contributed by atoms with van der Waals surface area (Å²) < 4.78 is 59.0. The molecule has 2 N–H and O–H groups in total. The normalized spacial score (nSPS) is 19.0. The van der Waals surface area contributed by atoms with Gasteiger partial charge in [-0.05, 0) is 37.7 Å². The van der Waals surface area contributed by atoms with Crippen molar-refractivity contribution in [3.8, 4) is 5.75 Å². The number of para-hydroxylation sites is 1. The first kappa shape index (κ1) is 25.7. The van der Waals surface area contributed by atoms with E-state index in [9.17, 15) is 17.6 Å². The summed E-state index contributed by atoms with van der Waals surface area (Å²) in [6.45, 7) is 4.54. The molecule has 2 aromatic rings. The molecule has 2 heterocycles. The number of hydrogen-bond donors (Lipinski definition) is 1. The van der Waals surface area contributed by atoms with Crippen LogP contribution < -0.4 is 10.5 Å². The van der Waals surface area contributed by atoms with Gasteiger partial charge in [0, 0.05) is 24.6 Å². The quantitative estimate of drug-likeness (QED) is 0.469. The number of ether oxygens (including phenoxy) is 1. The predicted molar refractivity (Wildman–Crippen MR) is 118 cm³/mol. The second-order valence-electron chi connectivity index (χ2n) is 6.75. The van der Waals surface area contributed by atoms with Crippen molar-refractivity contribution in [2.24, 2.45) is 10.8 Å². The van der Waals surface area contributed by atoms with Crippen molar-refractivity contribution >= 4 is 23.1 Å². The van der Waals surface area contributed by atoms with Crippen LogP contribution in [0.2, 0.25) is 0 Å². The van der Waals surface area contributed by atoms with Gasteiger partial charge in [0.25, 0.3) is 0 Å². The van der Waals surface area contributed by atoms with Crippen LogP contribution in [-0.2, 0) is 15.8 Å². The Hall–Kier alpha value is -2.59. The third-order valence-electron chi connectivity index (χ3n) is 4.56. The van der Waals surface area contributed by atoms with Crippen LogP contribution in [0.4, 0.5) is 17.6 Å². The molecule has 10 heteroatoms.